The van der Waals surface area contributed by atoms with Gasteiger partial charge in [-0.2, -0.15) is 0 Å². The van der Waals surface area contributed by atoms with Crippen LogP contribution in [0.25, 0.3) is 0 Å². The number of benzene rings is 1. The maximum absolute atomic E-state index is 2.49. The van der Waals surface area contributed by atoms with Gasteiger partial charge in [0, 0.05) is 0 Å². The molecular weight excluding hydrogens is 357 g/mol. The number of hydrogen-bond acceptors (Lipinski definition) is 1. The van der Waals surface area contributed by atoms with E-state index in [0.717, 1.165) is 11.3 Å². The smallest absolute Gasteiger partial charge is 0.0599 e. The second-order valence-electron chi connectivity index (χ2n) is 9.28. The third-order valence-corrected chi connectivity index (χ3v) is 10.8. The van der Waals surface area contributed by atoms with E-state index in [0.29, 0.717) is 6.04 Å². The Bertz CT molecular complexity index is 660. The molecule has 1 aromatic carbocycles. The van der Waals surface area contributed by atoms with Crippen LogP contribution in [-0.4, -0.2) is 30.3 Å². The number of likely N-dealkylation sites (N-methyl/N-ethyl adjacent to an activating group) is 1. The van der Waals surface area contributed by atoms with Crippen LogP contribution in [-0.2, 0) is 0 Å². The molecule has 0 N–H and O–H groups in total. The first-order valence-corrected chi connectivity index (χ1v) is 13.1. The fourth-order valence-corrected chi connectivity index (χ4v) is 10.00. The van der Waals surface area contributed by atoms with Crippen molar-refractivity contribution in [3.63, 3.8) is 0 Å². The van der Waals surface area contributed by atoms with Gasteiger partial charge in [-0.15, -0.1) is 0 Å². The van der Waals surface area contributed by atoms with Crippen molar-refractivity contribution >= 4 is 7.92 Å². The molecule has 0 aromatic heterocycles. The molecule has 1 nitrogen and oxygen atoms in total. The maximum Gasteiger partial charge on any atom is 0.0599 e. The molecule has 2 saturated carbocycles. The lowest BCUT2D eigenvalue weighted by Crippen LogP contribution is -2.24. The lowest BCUT2D eigenvalue weighted by molar-refractivity contribution is 0.341. The number of hydrogen-bond donors (Lipinski definition) is 0. The van der Waals surface area contributed by atoms with E-state index in [1.54, 1.807) is 5.57 Å². The van der Waals surface area contributed by atoms with Crippen molar-refractivity contribution in [1.29, 1.82) is 0 Å². The highest BCUT2D eigenvalue weighted by atomic mass is 31.1. The summed E-state index contributed by atoms with van der Waals surface area (Å²) in [6, 6.07) is 11.6. The minimum absolute atomic E-state index is 0.00545. The van der Waals surface area contributed by atoms with Crippen molar-refractivity contribution in [2.45, 2.75) is 88.0 Å². The van der Waals surface area contributed by atoms with E-state index >= 15 is 0 Å². The zero-order valence-corrected chi connectivity index (χ0v) is 18.8. The first-order valence-electron chi connectivity index (χ1n) is 11.6. The van der Waals surface area contributed by atoms with E-state index < -0.39 is 0 Å². The average molecular weight is 396 g/mol. The molecule has 1 unspecified atom stereocenters. The van der Waals surface area contributed by atoms with Crippen LogP contribution in [0.3, 0.4) is 0 Å². The van der Waals surface area contributed by atoms with Gasteiger partial charge in [0.2, 0.25) is 0 Å². The van der Waals surface area contributed by atoms with Gasteiger partial charge in [-0.3, -0.25) is 4.90 Å². The van der Waals surface area contributed by atoms with Gasteiger partial charge in [-0.05, 0) is 74.0 Å². The zero-order chi connectivity index (χ0) is 19.3. The Hall–Kier alpha value is -0.910. The highest BCUT2D eigenvalue weighted by molar-refractivity contribution is 7.63. The van der Waals surface area contributed by atoms with Crippen LogP contribution in [0.1, 0.15) is 82.2 Å². The van der Waals surface area contributed by atoms with Gasteiger partial charge in [0.1, 0.15) is 0 Å². The van der Waals surface area contributed by atoms with E-state index in [1.807, 2.05) is 5.31 Å². The van der Waals surface area contributed by atoms with Crippen LogP contribution in [0.5, 0.6) is 0 Å². The van der Waals surface area contributed by atoms with Crippen molar-refractivity contribution in [3.05, 3.63) is 58.9 Å². The molecule has 152 valence electrons. The van der Waals surface area contributed by atoms with Crippen LogP contribution >= 0.6 is 7.92 Å². The average Bonchev–Trinajstić information content (AvgIpc) is 3.19. The van der Waals surface area contributed by atoms with Gasteiger partial charge in [0.15, 0.2) is 0 Å². The topological polar surface area (TPSA) is 3.24 Å². The van der Waals surface area contributed by atoms with Crippen LogP contribution in [0.4, 0.5) is 0 Å². The second kappa shape index (κ2) is 9.73. The predicted octanol–water partition coefficient (Wildman–Crippen LogP) is 7.65. The summed E-state index contributed by atoms with van der Waals surface area (Å²) >= 11 is 0. The van der Waals surface area contributed by atoms with E-state index in [2.05, 4.69) is 61.5 Å². The maximum atomic E-state index is 2.49. The Labute approximate surface area is 174 Å². The third-order valence-electron chi connectivity index (χ3n) is 7.12. The van der Waals surface area contributed by atoms with Gasteiger partial charge in [0.05, 0.1) is 6.04 Å². The fourth-order valence-electron chi connectivity index (χ4n) is 5.86. The largest absolute Gasteiger partial charge is 0.299 e. The molecule has 0 bridgehead atoms. The summed E-state index contributed by atoms with van der Waals surface area (Å²) < 4.78 is 0. The van der Waals surface area contributed by atoms with Gasteiger partial charge in [-0.25, -0.2) is 0 Å². The Balaban J connectivity index is 1.72. The normalized spacial score (nSPS) is 23.1. The molecule has 0 radical (unpaired) electrons. The third kappa shape index (κ3) is 4.47. The van der Waals surface area contributed by atoms with Gasteiger partial charge in [-0.1, -0.05) is 88.9 Å². The van der Waals surface area contributed by atoms with Crippen molar-refractivity contribution in [1.82, 2.24) is 4.90 Å². The molecule has 0 heterocycles. The van der Waals surface area contributed by atoms with Crippen LogP contribution in [0, 0.1) is 0 Å². The number of rotatable bonds is 6. The Morgan fingerprint density at radius 2 is 1.39 bits per heavy atom. The minimum atomic E-state index is 0.00545. The molecule has 3 aliphatic carbocycles. The Kier molecular flexibility index (Phi) is 7.08. The summed E-state index contributed by atoms with van der Waals surface area (Å²) in [6.07, 6.45) is 21.0. The van der Waals surface area contributed by atoms with Gasteiger partial charge >= 0.3 is 0 Å². The van der Waals surface area contributed by atoms with Crippen molar-refractivity contribution in [3.8, 4) is 0 Å². The van der Waals surface area contributed by atoms with Crippen LogP contribution < -0.4 is 0 Å². The fraction of sp³-hybridized carbons (Fsp3) is 0.615. The molecule has 1 aromatic rings. The number of nitrogens with zero attached hydrogens (tertiary/aromatic N) is 1. The summed E-state index contributed by atoms with van der Waals surface area (Å²) in [7, 11) is 4.53. The van der Waals surface area contributed by atoms with Gasteiger partial charge < -0.3 is 0 Å². The predicted molar refractivity (Wildman–Crippen MR) is 124 cm³/mol. The molecule has 0 spiro atoms. The summed E-state index contributed by atoms with van der Waals surface area (Å²) in [5.74, 6) is 0. The van der Waals surface area contributed by atoms with E-state index in [1.165, 1.54) is 76.2 Å². The van der Waals surface area contributed by atoms with E-state index in [-0.39, 0.29) is 7.92 Å². The van der Waals surface area contributed by atoms with E-state index in [4.69, 9.17) is 0 Å². The van der Waals surface area contributed by atoms with Crippen molar-refractivity contribution in [2.75, 3.05) is 14.1 Å². The first kappa shape index (κ1) is 20.4. The first-order chi connectivity index (χ1) is 13.8. The standard InChI is InChI=1S/C26H38NP/c1-27(2)26(21-13-6-3-7-14-21)24-19-12-20-25(24)28(22-15-8-4-9-16-22)23-17-10-5-11-18-23/h3,6-7,12-14,19,22-23,26H,4-5,8-11,15-18,20H2,1-2H3. The monoisotopic (exact) mass is 395 g/mol. The van der Waals surface area contributed by atoms with Gasteiger partial charge in [0.25, 0.3) is 0 Å². The second-order valence-corrected chi connectivity index (χ2v) is 12.1. The zero-order valence-electron chi connectivity index (χ0n) is 17.9. The summed E-state index contributed by atoms with van der Waals surface area (Å²) in [5, 5.41) is 1.87. The lowest BCUT2D eigenvalue weighted by atomic mass is 9.98. The van der Waals surface area contributed by atoms with Crippen LogP contribution in [0.2, 0.25) is 0 Å². The molecule has 3 aliphatic rings. The molecule has 28 heavy (non-hydrogen) atoms. The highest BCUT2D eigenvalue weighted by Crippen LogP contribution is 2.64. The molecule has 4 rings (SSSR count). The van der Waals surface area contributed by atoms with Crippen molar-refractivity contribution < 1.29 is 0 Å². The molecular formula is C26H38NP. The summed E-state index contributed by atoms with van der Waals surface area (Å²) in [6.45, 7) is 0. The van der Waals surface area contributed by atoms with Crippen LogP contribution in [0.15, 0.2) is 53.4 Å². The Morgan fingerprint density at radius 3 is 1.93 bits per heavy atom. The lowest BCUT2D eigenvalue weighted by Gasteiger charge is -2.41. The summed E-state index contributed by atoms with van der Waals surface area (Å²) in [4.78, 5) is 2.44. The highest BCUT2D eigenvalue weighted by Gasteiger charge is 2.36. The molecule has 2 fully saturated rings. The molecule has 0 aliphatic heterocycles. The van der Waals surface area contributed by atoms with Crippen molar-refractivity contribution in [2.24, 2.45) is 0 Å². The Morgan fingerprint density at radius 1 is 0.821 bits per heavy atom. The molecule has 1 atom stereocenters. The minimum Gasteiger partial charge on any atom is -0.299 e. The van der Waals surface area contributed by atoms with E-state index in [9.17, 15) is 0 Å². The molecule has 0 amide bonds. The quantitative estimate of drug-likeness (QED) is 0.447. The SMILES string of the molecule is CN(C)C(C1=C(P(C2CCCCC2)C2CCCCC2)CC=C1)c1ccccc1. The molecule has 2 heteroatoms. The molecule has 0 saturated heterocycles. The number of allylic oxidation sites excluding steroid dienone is 2. The summed E-state index contributed by atoms with van der Waals surface area (Å²) in [5.41, 5.74) is 5.10.